The first kappa shape index (κ1) is 22.5. The third kappa shape index (κ3) is 5.93. The zero-order valence-electron chi connectivity index (χ0n) is 16.9. The monoisotopic (exact) mass is 456 g/mol. The van der Waals surface area contributed by atoms with E-state index >= 15 is 0 Å². The normalized spacial score (nSPS) is 14.8. The average Bonchev–Trinajstić information content (AvgIpc) is 2.96. The Morgan fingerprint density at radius 3 is 2.68 bits per heavy atom. The van der Waals surface area contributed by atoms with Crippen LogP contribution in [0.15, 0.2) is 47.4 Å². The number of hydrogen-bond acceptors (Lipinski definition) is 6. The third-order valence-corrected chi connectivity index (χ3v) is 5.86. The van der Waals surface area contributed by atoms with Crippen LogP contribution in [0.4, 0.5) is 5.69 Å². The molecule has 7 nitrogen and oxygen atoms in total. The Balaban J connectivity index is 1.62. The van der Waals surface area contributed by atoms with Gasteiger partial charge in [0.15, 0.2) is 6.61 Å². The molecule has 31 heavy (non-hydrogen) atoms. The Labute approximate surface area is 189 Å². The van der Waals surface area contributed by atoms with Crippen molar-refractivity contribution in [3.05, 3.63) is 64.1 Å². The highest BCUT2D eigenvalue weighted by Crippen LogP contribution is 2.32. The van der Waals surface area contributed by atoms with E-state index in [1.165, 1.54) is 0 Å². The number of carboxylic acids is 1. The molecule has 2 aromatic rings. The van der Waals surface area contributed by atoms with Crippen LogP contribution in [0.1, 0.15) is 16.7 Å². The SMILES string of the molecule is Cc1ccc(NC(=O)COc2cccc(/C=C3/SC(=S)N(CC(=O)O)C3=O)c2)cc1C. The van der Waals surface area contributed by atoms with Crippen molar-refractivity contribution < 1.29 is 24.2 Å². The predicted molar refractivity (Wildman–Crippen MR) is 124 cm³/mol. The van der Waals surface area contributed by atoms with Gasteiger partial charge in [-0.25, -0.2) is 0 Å². The van der Waals surface area contributed by atoms with Crippen molar-refractivity contribution in [3.8, 4) is 5.75 Å². The van der Waals surface area contributed by atoms with Crippen LogP contribution in [-0.4, -0.2) is 45.3 Å². The fraction of sp³-hybridized carbons (Fsp3) is 0.182. The summed E-state index contributed by atoms with van der Waals surface area (Å²) in [6.07, 6.45) is 1.61. The van der Waals surface area contributed by atoms with Gasteiger partial charge >= 0.3 is 5.97 Å². The summed E-state index contributed by atoms with van der Waals surface area (Å²) in [5.41, 5.74) is 3.60. The molecule has 2 amide bonds. The van der Waals surface area contributed by atoms with Gasteiger partial charge in [0.05, 0.1) is 4.91 Å². The molecule has 1 aliphatic heterocycles. The van der Waals surface area contributed by atoms with Crippen LogP contribution in [0, 0.1) is 13.8 Å². The second kappa shape index (κ2) is 9.76. The second-order valence-electron chi connectivity index (χ2n) is 6.87. The first-order chi connectivity index (χ1) is 14.7. The lowest BCUT2D eigenvalue weighted by atomic mass is 10.1. The van der Waals surface area contributed by atoms with Gasteiger partial charge < -0.3 is 15.2 Å². The number of aryl methyl sites for hydroxylation is 2. The molecule has 0 bridgehead atoms. The van der Waals surface area contributed by atoms with Crippen LogP contribution in [0.2, 0.25) is 0 Å². The Morgan fingerprint density at radius 1 is 1.19 bits per heavy atom. The topological polar surface area (TPSA) is 95.9 Å². The number of carboxylic acid groups (broad SMARTS) is 1. The molecule has 3 rings (SSSR count). The van der Waals surface area contributed by atoms with Gasteiger partial charge in [0, 0.05) is 5.69 Å². The van der Waals surface area contributed by atoms with Crippen molar-refractivity contribution >= 4 is 57.8 Å². The van der Waals surface area contributed by atoms with Crippen LogP contribution in [0.25, 0.3) is 6.08 Å². The minimum Gasteiger partial charge on any atom is -0.484 e. The summed E-state index contributed by atoms with van der Waals surface area (Å²) in [6, 6.07) is 12.6. The summed E-state index contributed by atoms with van der Waals surface area (Å²) in [5.74, 6) is -1.41. The number of nitrogens with one attached hydrogen (secondary N) is 1. The van der Waals surface area contributed by atoms with Gasteiger partial charge in [0.1, 0.15) is 16.6 Å². The summed E-state index contributed by atoms with van der Waals surface area (Å²) >= 11 is 6.14. The molecule has 0 atom stereocenters. The van der Waals surface area contributed by atoms with E-state index in [0.29, 0.717) is 21.9 Å². The lowest BCUT2D eigenvalue weighted by Gasteiger charge is -2.10. The Bertz CT molecular complexity index is 1100. The number of hydrogen-bond donors (Lipinski definition) is 2. The molecule has 1 saturated heterocycles. The quantitative estimate of drug-likeness (QED) is 0.485. The minimum atomic E-state index is -1.13. The lowest BCUT2D eigenvalue weighted by molar-refractivity contribution is -0.140. The zero-order chi connectivity index (χ0) is 22.5. The molecule has 0 aromatic heterocycles. The first-order valence-electron chi connectivity index (χ1n) is 9.30. The first-order valence-corrected chi connectivity index (χ1v) is 10.5. The van der Waals surface area contributed by atoms with Gasteiger partial charge in [-0.1, -0.05) is 42.2 Å². The van der Waals surface area contributed by atoms with E-state index in [9.17, 15) is 14.4 Å². The number of aliphatic carboxylic acids is 1. The fourth-order valence-electron chi connectivity index (χ4n) is 2.78. The van der Waals surface area contributed by atoms with Crippen LogP contribution in [0.5, 0.6) is 5.75 Å². The highest BCUT2D eigenvalue weighted by atomic mass is 32.2. The molecule has 0 radical (unpaired) electrons. The second-order valence-corrected chi connectivity index (χ2v) is 8.55. The molecule has 9 heteroatoms. The summed E-state index contributed by atoms with van der Waals surface area (Å²) in [4.78, 5) is 36.8. The van der Waals surface area contributed by atoms with E-state index in [2.05, 4.69) is 5.32 Å². The van der Waals surface area contributed by atoms with Crippen molar-refractivity contribution in [2.75, 3.05) is 18.5 Å². The molecule has 1 fully saturated rings. The molecule has 160 valence electrons. The summed E-state index contributed by atoms with van der Waals surface area (Å²) in [6.45, 7) is 3.33. The highest BCUT2D eigenvalue weighted by Gasteiger charge is 2.33. The third-order valence-electron chi connectivity index (χ3n) is 4.48. The summed E-state index contributed by atoms with van der Waals surface area (Å²) in [7, 11) is 0. The number of thioether (sulfide) groups is 1. The van der Waals surface area contributed by atoms with E-state index in [4.69, 9.17) is 22.1 Å². The molecule has 1 aliphatic rings. The van der Waals surface area contributed by atoms with Gasteiger partial charge in [0.2, 0.25) is 0 Å². The van der Waals surface area contributed by atoms with Crippen LogP contribution >= 0.6 is 24.0 Å². The standard InChI is InChI=1S/C22H20N2O5S2/c1-13-6-7-16(8-14(13)2)23-19(25)12-29-17-5-3-4-15(9-17)10-18-21(28)24(11-20(26)27)22(30)31-18/h3-10H,11-12H2,1-2H3,(H,23,25)(H,26,27)/b18-10+. The molecule has 0 unspecified atom stereocenters. The number of anilines is 1. The van der Waals surface area contributed by atoms with Crippen LogP contribution in [0.3, 0.4) is 0 Å². The maximum atomic E-state index is 12.4. The van der Waals surface area contributed by atoms with Crippen LogP contribution < -0.4 is 10.1 Å². The average molecular weight is 457 g/mol. The Morgan fingerprint density at radius 2 is 1.97 bits per heavy atom. The number of benzene rings is 2. The number of carbonyl (C=O) groups is 3. The van der Waals surface area contributed by atoms with E-state index in [-0.39, 0.29) is 16.8 Å². The van der Waals surface area contributed by atoms with Crippen LogP contribution in [-0.2, 0) is 14.4 Å². The van der Waals surface area contributed by atoms with Gasteiger partial charge in [-0.3, -0.25) is 19.3 Å². The number of amides is 2. The molecular weight excluding hydrogens is 436 g/mol. The Kier molecular flexibility index (Phi) is 7.09. The smallest absolute Gasteiger partial charge is 0.323 e. The lowest BCUT2D eigenvalue weighted by Crippen LogP contribution is -2.33. The minimum absolute atomic E-state index is 0.170. The van der Waals surface area contributed by atoms with Gasteiger partial charge in [-0.15, -0.1) is 0 Å². The molecule has 0 spiro atoms. The van der Waals surface area contributed by atoms with E-state index in [0.717, 1.165) is 27.8 Å². The number of ether oxygens (including phenoxy) is 1. The number of thiocarbonyl (C=S) groups is 1. The van der Waals surface area contributed by atoms with Gasteiger partial charge in [-0.2, -0.15) is 0 Å². The molecule has 0 aliphatic carbocycles. The summed E-state index contributed by atoms with van der Waals surface area (Å²) < 4.78 is 5.78. The predicted octanol–water partition coefficient (Wildman–Crippen LogP) is 3.61. The van der Waals surface area contributed by atoms with Crippen molar-refractivity contribution in [1.82, 2.24) is 4.90 Å². The summed E-state index contributed by atoms with van der Waals surface area (Å²) in [5, 5.41) is 11.7. The van der Waals surface area contributed by atoms with Crippen molar-refractivity contribution in [2.24, 2.45) is 0 Å². The largest absolute Gasteiger partial charge is 0.484 e. The zero-order valence-corrected chi connectivity index (χ0v) is 18.5. The van der Waals surface area contributed by atoms with E-state index < -0.39 is 18.4 Å². The molecule has 0 saturated carbocycles. The number of carbonyl (C=O) groups excluding carboxylic acids is 2. The van der Waals surface area contributed by atoms with Crippen molar-refractivity contribution in [2.45, 2.75) is 13.8 Å². The fourth-order valence-corrected chi connectivity index (χ4v) is 4.04. The molecule has 2 aromatic carbocycles. The van der Waals surface area contributed by atoms with E-state index in [1.807, 2.05) is 32.0 Å². The highest BCUT2D eigenvalue weighted by molar-refractivity contribution is 8.26. The maximum Gasteiger partial charge on any atom is 0.323 e. The maximum absolute atomic E-state index is 12.4. The number of rotatable bonds is 7. The van der Waals surface area contributed by atoms with E-state index in [1.54, 1.807) is 30.3 Å². The van der Waals surface area contributed by atoms with Crippen molar-refractivity contribution in [1.29, 1.82) is 0 Å². The molecular formula is C22H20N2O5S2. The van der Waals surface area contributed by atoms with Gasteiger partial charge in [0.25, 0.3) is 11.8 Å². The van der Waals surface area contributed by atoms with Crippen molar-refractivity contribution in [3.63, 3.8) is 0 Å². The number of nitrogens with zero attached hydrogens (tertiary/aromatic N) is 1. The molecule has 1 heterocycles. The molecule has 2 N–H and O–H groups in total. The Hall–Kier alpha value is -3.17. The van der Waals surface area contributed by atoms with Gasteiger partial charge in [-0.05, 0) is 60.9 Å².